The zero-order chi connectivity index (χ0) is 11.6. The maximum absolute atomic E-state index is 13.2. The Labute approximate surface area is 92.2 Å². The molecular weight excluding hydrogens is 280 g/mol. The number of halogens is 5. The van der Waals surface area contributed by atoms with Crippen LogP contribution < -0.4 is 4.74 Å². The van der Waals surface area contributed by atoms with Gasteiger partial charge in [0.15, 0.2) is 0 Å². The average Bonchev–Trinajstić information content (AvgIpc) is 2.15. The standard InChI is InChI=1S/C9H7BrF4O/c1-15-5-2-3-6(7(11)4-5)8(10)9(12,13)14/h2-4,8H,1H3. The highest BCUT2D eigenvalue weighted by Crippen LogP contribution is 2.41. The molecule has 1 unspecified atom stereocenters. The van der Waals surface area contributed by atoms with Gasteiger partial charge < -0.3 is 4.74 Å². The monoisotopic (exact) mass is 286 g/mol. The van der Waals surface area contributed by atoms with E-state index in [2.05, 4.69) is 20.7 Å². The first kappa shape index (κ1) is 12.3. The van der Waals surface area contributed by atoms with Crippen molar-refractivity contribution < 1.29 is 22.3 Å². The lowest BCUT2D eigenvalue weighted by atomic mass is 10.1. The van der Waals surface area contributed by atoms with Gasteiger partial charge in [-0.3, -0.25) is 0 Å². The number of methoxy groups -OCH3 is 1. The molecule has 1 atom stereocenters. The molecule has 0 bridgehead atoms. The predicted molar refractivity (Wildman–Crippen MR) is 50.7 cm³/mol. The van der Waals surface area contributed by atoms with Crippen LogP contribution >= 0.6 is 15.9 Å². The summed E-state index contributed by atoms with van der Waals surface area (Å²) in [5.74, 6) is -0.772. The van der Waals surface area contributed by atoms with Gasteiger partial charge in [0.25, 0.3) is 0 Å². The Morgan fingerprint density at radius 1 is 1.33 bits per heavy atom. The van der Waals surface area contributed by atoms with Crippen LogP contribution in [0.3, 0.4) is 0 Å². The topological polar surface area (TPSA) is 9.23 Å². The van der Waals surface area contributed by atoms with Crippen LogP contribution in [0.4, 0.5) is 17.6 Å². The normalized spacial score (nSPS) is 13.7. The van der Waals surface area contributed by atoms with Crippen LogP contribution in [0.2, 0.25) is 0 Å². The Hall–Kier alpha value is -0.780. The van der Waals surface area contributed by atoms with Crippen molar-refractivity contribution in [1.29, 1.82) is 0 Å². The van der Waals surface area contributed by atoms with E-state index < -0.39 is 22.4 Å². The number of alkyl halides is 4. The highest BCUT2D eigenvalue weighted by Gasteiger charge is 2.40. The number of rotatable bonds is 2. The summed E-state index contributed by atoms with van der Waals surface area (Å²) in [6.45, 7) is 0. The van der Waals surface area contributed by atoms with Crippen LogP contribution in [0.15, 0.2) is 18.2 Å². The largest absolute Gasteiger partial charge is 0.497 e. The third-order valence-electron chi connectivity index (χ3n) is 1.77. The van der Waals surface area contributed by atoms with Gasteiger partial charge in [-0.1, -0.05) is 22.0 Å². The van der Waals surface area contributed by atoms with Crippen molar-refractivity contribution >= 4 is 15.9 Å². The molecule has 0 amide bonds. The molecule has 0 heterocycles. The lowest BCUT2D eigenvalue weighted by Gasteiger charge is -2.15. The smallest absolute Gasteiger partial charge is 0.405 e. The molecule has 0 aromatic heterocycles. The zero-order valence-corrected chi connectivity index (χ0v) is 9.19. The van der Waals surface area contributed by atoms with Crippen molar-refractivity contribution in [2.75, 3.05) is 7.11 Å². The molecule has 1 nitrogen and oxygen atoms in total. The molecule has 15 heavy (non-hydrogen) atoms. The summed E-state index contributed by atoms with van der Waals surface area (Å²) in [6.07, 6.45) is -4.52. The molecule has 0 saturated heterocycles. The third kappa shape index (κ3) is 2.84. The fraction of sp³-hybridized carbons (Fsp3) is 0.333. The fourth-order valence-electron chi connectivity index (χ4n) is 1.02. The van der Waals surface area contributed by atoms with Gasteiger partial charge in [-0.05, 0) is 6.07 Å². The molecule has 1 aromatic carbocycles. The Morgan fingerprint density at radius 3 is 2.33 bits per heavy atom. The molecule has 0 N–H and O–H groups in total. The number of benzene rings is 1. The molecule has 1 aromatic rings. The van der Waals surface area contributed by atoms with Gasteiger partial charge in [-0.2, -0.15) is 13.2 Å². The molecule has 6 heteroatoms. The van der Waals surface area contributed by atoms with Crippen LogP contribution in [-0.4, -0.2) is 13.3 Å². The van der Waals surface area contributed by atoms with Crippen molar-refractivity contribution in [3.8, 4) is 5.75 Å². The fourth-order valence-corrected chi connectivity index (χ4v) is 1.39. The highest BCUT2D eigenvalue weighted by molar-refractivity contribution is 9.09. The van der Waals surface area contributed by atoms with Gasteiger partial charge in [-0.15, -0.1) is 0 Å². The van der Waals surface area contributed by atoms with Crippen molar-refractivity contribution in [3.05, 3.63) is 29.6 Å². The van der Waals surface area contributed by atoms with E-state index in [4.69, 9.17) is 0 Å². The lowest BCUT2D eigenvalue weighted by Crippen LogP contribution is -2.16. The first-order valence-corrected chi connectivity index (χ1v) is 4.82. The summed E-state index contributed by atoms with van der Waals surface area (Å²) >= 11 is 2.40. The summed E-state index contributed by atoms with van der Waals surface area (Å²) < 4.78 is 54.6. The van der Waals surface area contributed by atoms with Crippen LogP contribution in [0.25, 0.3) is 0 Å². The Morgan fingerprint density at radius 2 is 1.93 bits per heavy atom. The third-order valence-corrected chi connectivity index (χ3v) is 2.78. The Kier molecular flexibility index (Phi) is 3.59. The van der Waals surface area contributed by atoms with E-state index >= 15 is 0 Å². The Bertz CT molecular complexity index is 350. The minimum atomic E-state index is -4.52. The van der Waals surface area contributed by atoms with E-state index in [0.29, 0.717) is 0 Å². The average molecular weight is 287 g/mol. The van der Waals surface area contributed by atoms with Crippen molar-refractivity contribution in [3.63, 3.8) is 0 Å². The molecule has 0 spiro atoms. The molecule has 0 aliphatic carbocycles. The molecule has 0 saturated carbocycles. The van der Waals surface area contributed by atoms with E-state index in [1.165, 1.54) is 13.2 Å². The van der Waals surface area contributed by atoms with Crippen molar-refractivity contribution in [2.24, 2.45) is 0 Å². The highest BCUT2D eigenvalue weighted by atomic mass is 79.9. The van der Waals surface area contributed by atoms with Crippen LogP contribution in [0, 0.1) is 5.82 Å². The summed E-state index contributed by atoms with van der Waals surface area (Å²) in [6, 6.07) is 3.23. The van der Waals surface area contributed by atoms with E-state index in [1.807, 2.05) is 0 Å². The van der Waals surface area contributed by atoms with Crippen molar-refractivity contribution in [2.45, 2.75) is 11.0 Å². The van der Waals surface area contributed by atoms with Crippen LogP contribution in [-0.2, 0) is 0 Å². The van der Waals surface area contributed by atoms with Gasteiger partial charge in [-0.25, -0.2) is 4.39 Å². The number of hydrogen-bond donors (Lipinski definition) is 0. The molecule has 0 radical (unpaired) electrons. The van der Waals surface area contributed by atoms with Gasteiger partial charge >= 0.3 is 6.18 Å². The molecule has 84 valence electrons. The minimum Gasteiger partial charge on any atom is -0.497 e. The second kappa shape index (κ2) is 4.38. The van der Waals surface area contributed by atoms with Crippen molar-refractivity contribution in [1.82, 2.24) is 0 Å². The summed E-state index contributed by atoms with van der Waals surface area (Å²) in [5.41, 5.74) is -0.455. The SMILES string of the molecule is COc1ccc(C(Br)C(F)(F)F)c(F)c1. The molecule has 0 aliphatic rings. The summed E-state index contributed by atoms with van der Waals surface area (Å²) in [4.78, 5) is -2.00. The molecular formula is C9H7BrF4O. The second-order valence-corrected chi connectivity index (χ2v) is 3.71. The Balaban J connectivity index is 3.06. The van der Waals surface area contributed by atoms with E-state index in [9.17, 15) is 17.6 Å². The van der Waals surface area contributed by atoms with E-state index in [-0.39, 0.29) is 5.75 Å². The van der Waals surface area contributed by atoms with Gasteiger partial charge in [0, 0.05) is 11.6 Å². The van der Waals surface area contributed by atoms with Gasteiger partial charge in [0.1, 0.15) is 16.4 Å². The first-order chi connectivity index (χ1) is 6.86. The molecule has 0 fully saturated rings. The van der Waals surface area contributed by atoms with Crippen LogP contribution in [0.5, 0.6) is 5.75 Å². The molecule has 1 rings (SSSR count). The summed E-state index contributed by atoms with van der Waals surface area (Å²) in [7, 11) is 1.31. The minimum absolute atomic E-state index is 0.179. The number of ether oxygens (including phenoxy) is 1. The predicted octanol–water partition coefficient (Wildman–Crippen LogP) is 3.83. The quantitative estimate of drug-likeness (QED) is 0.593. The lowest BCUT2D eigenvalue weighted by molar-refractivity contribution is -0.128. The first-order valence-electron chi connectivity index (χ1n) is 3.90. The zero-order valence-electron chi connectivity index (χ0n) is 7.61. The van der Waals surface area contributed by atoms with Gasteiger partial charge in [0.05, 0.1) is 7.11 Å². The second-order valence-electron chi connectivity index (χ2n) is 2.79. The maximum Gasteiger partial charge on any atom is 0.405 e. The molecule has 0 aliphatic heterocycles. The number of hydrogen-bond acceptors (Lipinski definition) is 1. The van der Waals surface area contributed by atoms with Gasteiger partial charge in [0.2, 0.25) is 0 Å². The van der Waals surface area contributed by atoms with Crippen LogP contribution in [0.1, 0.15) is 10.4 Å². The van der Waals surface area contributed by atoms with E-state index in [0.717, 1.165) is 12.1 Å². The maximum atomic E-state index is 13.2. The van der Waals surface area contributed by atoms with E-state index in [1.54, 1.807) is 0 Å². The summed E-state index contributed by atoms with van der Waals surface area (Å²) in [5, 5.41) is 0.